The zero-order valence-corrected chi connectivity index (χ0v) is 14.0. The molecule has 1 heterocycles. The molecule has 0 spiro atoms. The summed E-state index contributed by atoms with van der Waals surface area (Å²) in [6.07, 6.45) is 3.21. The lowest BCUT2D eigenvalue weighted by Crippen LogP contribution is -2.21. The summed E-state index contributed by atoms with van der Waals surface area (Å²) in [5.41, 5.74) is 2.05. The Bertz CT molecular complexity index is 964. The number of carbonyl (C=O) groups excluding carboxylic acids is 2. The van der Waals surface area contributed by atoms with Gasteiger partial charge in [-0.1, -0.05) is 42.5 Å². The van der Waals surface area contributed by atoms with Gasteiger partial charge in [0.15, 0.2) is 5.78 Å². The second-order valence-corrected chi connectivity index (χ2v) is 5.50. The van der Waals surface area contributed by atoms with Crippen LogP contribution in [-0.4, -0.2) is 18.9 Å². The van der Waals surface area contributed by atoms with Gasteiger partial charge in [-0.2, -0.15) is 0 Å². The maximum atomic E-state index is 12.3. The van der Waals surface area contributed by atoms with Crippen molar-refractivity contribution < 1.29 is 23.8 Å². The maximum absolute atomic E-state index is 12.3. The van der Waals surface area contributed by atoms with Crippen molar-refractivity contribution in [2.75, 3.05) is 7.11 Å². The Kier molecular flexibility index (Phi) is 4.99. The smallest absolute Gasteiger partial charge is 0.185 e. The quantitative estimate of drug-likeness (QED) is 0.505. The highest BCUT2D eigenvalue weighted by Gasteiger charge is 2.07. The minimum Gasteiger partial charge on any atom is -0.542 e. The van der Waals surface area contributed by atoms with Crippen molar-refractivity contribution in [3.8, 4) is 17.1 Å². The standard InChI is InChI=1S/C21H16O5/c1-25-17-4-2-3-14(13-17)5-10-18(22)15-6-8-16(9-7-15)19-11-12-20(26-19)21(23)24/h2-13H,1H3,(H,23,24)/p-1/b10-5+. The molecule has 5 heteroatoms. The van der Waals surface area contributed by atoms with Crippen molar-refractivity contribution in [1.29, 1.82) is 0 Å². The number of furan rings is 1. The van der Waals surface area contributed by atoms with E-state index in [1.54, 1.807) is 43.5 Å². The van der Waals surface area contributed by atoms with Gasteiger partial charge in [-0.3, -0.25) is 4.79 Å². The van der Waals surface area contributed by atoms with Crippen LogP contribution in [0, 0.1) is 0 Å². The zero-order chi connectivity index (χ0) is 18.5. The van der Waals surface area contributed by atoms with Crippen LogP contribution in [0.5, 0.6) is 5.75 Å². The molecule has 0 unspecified atom stereocenters. The lowest BCUT2D eigenvalue weighted by atomic mass is 10.1. The fraction of sp³-hybridized carbons (Fsp3) is 0.0476. The molecule has 0 aliphatic rings. The summed E-state index contributed by atoms with van der Waals surface area (Å²) in [5.74, 6) is -0.630. The lowest BCUT2D eigenvalue weighted by Gasteiger charge is -2.01. The largest absolute Gasteiger partial charge is 0.542 e. The van der Waals surface area contributed by atoms with Gasteiger partial charge in [-0.25, -0.2) is 0 Å². The number of rotatable bonds is 6. The first kappa shape index (κ1) is 17.2. The lowest BCUT2D eigenvalue weighted by molar-refractivity contribution is -0.257. The Morgan fingerprint density at radius 2 is 1.81 bits per heavy atom. The third-order valence-electron chi connectivity index (χ3n) is 3.78. The van der Waals surface area contributed by atoms with Crippen LogP contribution in [0.2, 0.25) is 0 Å². The molecule has 130 valence electrons. The molecular weight excluding hydrogens is 332 g/mol. The number of aromatic carboxylic acids is 1. The van der Waals surface area contributed by atoms with Crippen LogP contribution in [0.3, 0.4) is 0 Å². The molecule has 0 fully saturated rings. The first-order valence-electron chi connectivity index (χ1n) is 7.85. The first-order valence-corrected chi connectivity index (χ1v) is 7.85. The molecule has 0 aliphatic heterocycles. The van der Waals surface area contributed by atoms with Gasteiger partial charge in [0, 0.05) is 11.1 Å². The average molecular weight is 347 g/mol. The summed E-state index contributed by atoms with van der Waals surface area (Å²) >= 11 is 0. The van der Waals surface area contributed by atoms with Gasteiger partial charge < -0.3 is 19.1 Å². The minimum absolute atomic E-state index is 0.144. The molecule has 0 amide bonds. The van der Waals surface area contributed by atoms with Crippen LogP contribution in [-0.2, 0) is 0 Å². The molecule has 0 atom stereocenters. The molecule has 3 aromatic rings. The average Bonchev–Trinajstić information content (AvgIpc) is 3.17. The molecule has 0 saturated heterocycles. The number of ether oxygens (including phenoxy) is 1. The topological polar surface area (TPSA) is 79.6 Å². The minimum atomic E-state index is -1.37. The highest BCUT2D eigenvalue weighted by atomic mass is 16.5. The van der Waals surface area contributed by atoms with E-state index in [0.717, 1.165) is 11.3 Å². The van der Waals surface area contributed by atoms with Crippen molar-refractivity contribution in [1.82, 2.24) is 0 Å². The number of allylic oxidation sites excluding steroid dienone is 1. The fourth-order valence-corrected chi connectivity index (χ4v) is 2.41. The van der Waals surface area contributed by atoms with E-state index in [-0.39, 0.29) is 11.5 Å². The fourth-order valence-electron chi connectivity index (χ4n) is 2.41. The summed E-state index contributed by atoms with van der Waals surface area (Å²) in [7, 11) is 1.59. The maximum Gasteiger partial charge on any atom is 0.185 e. The van der Waals surface area contributed by atoms with Gasteiger partial charge in [0.2, 0.25) is 0 Å². The van der Waals surface area contributed by atoms with Crippen LogP contribution < -0.4 is 9.84 Å². The van der Waals surface area contributed by atoms with Gasteiger partial charge in [0.1, 0.15) is 23.2 Å². The normalized spacial score (nSPS) is 10.8. The summed E-state index contributed by atoms with van der Waals surface area (Å²) < 4.78 is 10.3. The number of ketones is 1. The second kappa shape index (κ2) is 7.53. The Morgan fingerprint density at radius 1 is 1.04 bits per heavy atom. The number of hydrogen-bond donors (Lipinski definition) is 0. The van der Waals surface area contributed by atoms with Crippen molar-refractivity contribution >= 4 is 17.8 Å². The van der Waals surface area contributed by atoms with Crippen LogP contribution in [0.4, 0.5) is 0 Å². The Morgan fingerprint density at radius 3 is 2.46 bits per heavy atom. The Balaban J connectivity index is 1.73. The predicted octanol–water partition coefficient (Wildman–Crippen LogP) is 3.21. The molecule has 0 bridgehead atoms. The van der Waals surface area contributed by atoms with Crippen molar-refractivity contribution in [2.24, 2.45) is 0 Å². The summed E-state index contributed by atoms with van der Waals surface area (Å²) in [6, 6.07) is 17.0. The number of carbonyl (C=O) groups is 2. The van der Waals surface area contributed by atoms with E-state index >= 15 is 0 Å². The van der Waals surface area contributed by atoms with Crippen LogP contribution in [0.1, 0.15) is 26.5 Å². The molecule has 3 rings (SSSR count). The molecular formula is C21H15O5-. The number of hydrogen-bond acceptors (Lipinski definition) is 5. The van der Waals surface area contributed by atoms with Gasteiger partial charge in [0.05, 0.1) is 7.11 Å². The third kappa shape index (κ3) is 3.89. The first-order chi connectivity index (χ1) is 12.6. The van der Waals surface area contributed by atoms with E-state index in [1.807, 2.05) is 24.3 Å². The molecule has 1 aromatic heterocycles. The SMILES string of the molecule is COc1cccc(/C=C/C(=O)c2ccc(-c3ccc(C(=O)[O-])o3)cc2)c1. The van der Waals surface area contributed by atoms with Crippen molar-refractivity contribution in [3.63, 3.8) is 0 Å². The Labute approximate surface area is 150 Å². The van der Waals surface area contributed by atoms with E-state index in [1.165, 1.54) is 12.1 Å². The van der Waals surface area contributed by atoms with Crippen molar-refractivity contribution in [3.05, 3.63) is 83.6 Å². The van der Waals surface area contributed by atoms with E-state index in [0.29, 0.717) is 16.9 Å². The number of methoxy groups -OCH3 is 1. The zero-order valence-electron chi connectivity index (χ0n) is 14.0. The monoisotopic (exact) mass is 347 g/mol. The van der Waals surface area contributed by atoms with Crippen LogP contribution in [0.25, 0.3) is 17.4 Å². The summed E-state index contributed by atoms with van der Waals surface area (Å²) in [5, 5.41) is 10.8. The van der Waals surface area contributed by atoms with E-state index < -0.39 is 5.97 Å². The molecule has 5 nitrogen and oxygen atoms in total. The number of carboxylic acids is 1. The van der Waals surface area contributed by atoms with Gasteiger partial charge in [-0.15, -0.1) is 0 Å². The summed E-state index contributed by atoms with van der Waals surface area (Å²) in [4.78, 5) is 23.0. The molecule has 0 N–H and O–H groups in total. The van der Waals surface area contributed by atoms with Gasteiger partial charge in [-0.05, 0) is 35.9 Å². The highest BCUT2D eigenvalue weighted by molar-refractivity contribution is 6.07. The number of benzene rings is 2. The van der Waals surface area contributed by atoms with Crippen LogP contribution in [0.15, 0.2) is 71.2 Å². The molecule has 2 aromatic carbocycles. The molecule has 0 radical (unpaired) electrons. The van der Waals surface area contributed by atoms with Crippen LogP contribution >= 0.6 is 0 Å². The van der Waals surface area contributed by atoms with E-state index in [2.05, 4.69) is 0 Å². The predicted molar refractivity (Wildman–Crippen MR) is 94.8 cm³/mol. The second-order valence-electron chi connectivity index (χ2n) is 5.50. The van der Waals surface area contributed by atoms with E-state index in [4.69, 9.17) is 9.15 Å². The van der Waals surface area contributed by atoms with E-state index in [9.17, 15) is 14.7 Å². The molecule has 26 heavy (non-hydrogen) atoms. The number of carboxylic acid groups (broad SMARTS) is 1. The third-order valence-corrected chi connectivity index (χ3v) is 3.78. The van der Waals surface area contributed by atoms with Crippen molar-refractivity contribution in [2.45, 2.75) is 0 Å². The Hall–Kier alpha value is -3.60. The van der Waals surface area contributed by atoms with Gasteiger partial charge >= 0.3 is 0 Å². The van der Waals surface area contributed by atoms with Gasteiger partial charge in [0.25, 0.3) is 0 Å². The molecule has 0 saturated carbocycles. The highest BCUT2D eigenvalue weighted by Crippen LogP contribution is 2.23. The summed E-state index contributed by atoms with van der Waals surface area (Å²) in [6.45, 7) is 0. The molecule has 0 aliphatic carbocycles.